The predicted molar refractivity (Wildman–Crippen MR) is 127 cm³/mol. The summed E-state index contributed by atoms with van der Waals surface area (Å²) >= 11 is 0. The minimum absolute atomic E-state index is 0. The first-order valence-electron chi connectivity index (χ1n) is 9.83. The van der Waals surface area contributed by atoms with Crippen molar-refractivity contribution < 1.29 is 9.53 Å². The second-order valence-electron chi connectivity index (χ2n) is 6.69. The second kappa shape index (κ2) is 11.6. The number of amides is 1. The molecular formula is C22H29IN4O2. The molecule has 0 bridgehead atoms. The van der Waals surface area contributed by atoms with E-state index in [-0.39, 0.29) is 36.0 Å². The van der Waals surface area contributed by atoms with Crippen LogP contribution in [-0.2, 0) is 13.0 Å². The first-order chi connectivity index (χ1) is 13.7. The van der Waals surface area contributed by atoms with Crippen LogP contribution in [0.25, 0.3) is 0 Å². The molecule has 156 valence electrons. The summed E-state index contributed by atoms with van der Waals surface area (Å²) in [7, 11) is 0. The van der Waals surface area contributed by atoms with Crippen LogP contribution in [0.5, 0.6) is 5.75 Å². The van der Waals surface area contributed by atoms with Crippen molar-refractivity contribution in [1.29, 1.82) is 0 Å². The summed E-state index contributed by atoms with van der Waals surface area (Å²) in [6.07, 6.45) is 0.999. The predicted octanol–water partition coefficient (Wildman–Crippen LogP) is 3.11. The van der Waals surface area contributed by atoms with E-state index in [0.717, 1.165) is 30.2 Å². The highest BCUT2D eigenvalue weighted by Gasteiger charge is 2.22. The van der Waals surface area contributed by atoms with E-state index in [9.17, 15) is 4.79 Å². The van der Waals surface area contributed by atoms with Gasteiger partial charge in [0.05, 0.1) is 13.1 Å². The number of halogens is 1. The number of carbonyl (C=O) groups excluding carboxylic acids is 1. The van der Waals surface area contributed by atoms with E-state index in [1.807, 2.05) is 56.3 Å². The van der Waals surface area contributed by atoms with Crippen LogP contribution >= 0.6 is 24.0 Å². The number of guanidine groups is 1. The fourth-order valence-electron chi connectivity index (χ4n) is 3.16. The second-order valence-corrected chi connectivity index (χ2v) is 6.69. The Kier molecular flexibility index (Phi) is 9.24. The number of nitrogens with one attached hydrogen (secondary N) is 3. The van der Waals surface area contributed by atoms with E-state index < -0.39 is 0 Å². The summed E-state index contributed by atoms with van der Waals surface area (Å²) in [6, 6.07) is 15.7. The highest BCUT2D eigenvalue weighted by Crippen LogP contribution is 2.27. The lowest BCUT2D eigenvalue weighted by Crippen LogP contribution is -2.42. The molecule has 0 saturated carbocycles. The maximum absolute atomic E-state index is 12.0. The zero-order chi connectivity index (χ0) is 19.8. The van der Waals surface area contributed by atoms with Gasteiger partial charge < -0.3 is 20.7 Å². The number of ether oxygens (including phenoxy) is 1. The van der Waals surface area contributed by atoms with E-state index in [2.05, 4.69) is 27.0 Å². The van der Waals surface area contributed by atoms with E-state index in [1.165, 1.54) is 5.56 Å². The molecule has 0 aliphatic carbocycles. The fraction of sp³-hybridized carbons (Fsp3) is 0.364. The molecule has 6 nitrogen and oxygen atoms in total. The van der Waals surface area contributed by atoms with Crippen LogP contribution in [0.4, 0.5) is 0 Å². The van der Waals surface area contributed by atoms with Crippen molar-refractivity contribution in [2.45, 2.75) is 32.9 Å². The average molecular weight is 508 g/mol. The van der Waals surface area contributed by atoms with Gasteiger partial charge in [-0.05, 0) is 43.2 Å². The van der Waals surface area contributed by atoms with E-state index >= 15 is 0 Å². The van der Waals surface area contributed by atoms with Crippen LogP contribution in [0.3, 0.4) is 0 Å². The summed E-state index contributed by atoms with van der Waals surface area (Å²) in [5.41, 5.74) is 2.90. The summed E-state index contributed by atoms with van der Waals surface area (Å²) in [6.45, 7) is 6.51. The lowest BCUT2D eigenvalue weighted by molar-refractivity contribution is 0.0955. The molecular weight excluding hydrogens is 479 g/mol. The normalized spacial score (nSPS) is 15.0. The van der Waals surface area contributed by atoms with Crippen molar-refractivity contribution in [2.24, 2.45) is 4.99 Å². The Balaban J connectivity index is 0.00000300. The van der Waals surface area contributed by atoms with Gasteiger partial charge >= 0.3 is 0 Å². The van der Waals surface area contributed by atoms with Crippen LogP contribution in [0.2, 0.25) is 0 Å². The number of nitrogens with zero attached hydrogens (tertiary/aromatic N) is 1. The van der Waals surface area contributed by atoms with Gasteiger partial charge in [0.15, 0.2) is 5.96 Å². The highest BCUT2D eigenvalue weighted by molar-refractivity contribution is 14.0. The molecule has 1 heterocycles. The molecule has 3 N–H and O–H groups in total. The van der Waals surface area contributed by atoms with Gasteiger partial charge in [0, 0.05) is 25.1 Å². The minimum atomic E-state index is -0.0590. The minimum Gasteiger partial charge on any atom is -0.488 e. The molecule has 0 aromatic heterocycles. The third-order valence-electron chi connectivity index (χ3n) is 4.50. The standard InChI is InChI=1S/C22H28N4O2.HI/c1-3-23-21(27)18-10-7-8-16(12-18)14-25-22(24-4-2)26-15-19-13-17-9-5-6-11-20(17)28-19;/h5-12,19H,3-4,13-15H2,1-2H3,(H,23,27)(H2,24,25,26);1H. The number of hydrogen-bond acceptors (Lipinski definition) is 3. The third-order valence-corrected chi connectivity index (χ3v) is 4.50. The lowest BCUT2D eigenvalue weighted by atomic mass is 10.1. The Labute approximate surface area is 189 Å². The topological polar surface area (TPSA) is 74.8 Å². The molecule has 2 aromatic carbocycles. The third kappa shape index (κ3) is 6.62. The Morgan fingerprint density at radius 1 is 1.07 bits per heavy atom. The SMILES string of the molecule is CCNC(=O)c1cccc(CN=C(NCC)NCC2Cc3ccccc3O2)c1.I. The Morgan fingerprint density at radius 3 is 2.62 bits per heavy atom. The van der Waals surface area contributed by atoms with Gasteiger partial charge in [0.25, 0.3) is 5.91 Å². The molecule has 1 atom stereocenters. The number of hydrogen-bond donors (Lipinski definition) is 3. The van der Waals surface area contributed by atoms with Gasteiger partial charge in [-0.2, -0.15) is 0 Å². The van der Waals surface area contributed by atoms with Crippen LogP contribution in [-0.4, -0.2) is 37.6 Å². The summed E-state index contributed by atoms with van der Waals surface area (Å²) < 4.78 is 5.97. The van der Waals surface area contributed by atoms with Crippen LogP contribution in [0.15, 0.2) is 53.5 Å². The largest absolute Gasteiger partial charge is 0.488 e. The molecule has 3 rings (SSSR count). The molecule has 1 aliphatic heterocycles. The molecule has 0 spiro atoms. The number of para-hydroxylation sites is 1. The van der Waals surface area contributed by atoms with Crippen molar-refractivity contribution in [2.75, 3.05) is 19.6 Å². The van der Waals surface area contributed by atoms with Crippen molar-refractivity contribution >= 4 is 35.8 Å². The summed E-state index contributed by atoms with van der Waals surface area (Å²) in [5, 5.41) is 9.44. The smallest absolute Gasteiger partial charge is 0.251 e. The van der Waals surface area contributed by atoms with Crippen molar-refractivity contribution in [1.82, 2.24) is 16.0 Å². The van der Waals surface area contributed by atoms with Gasteiger partial charge in [-0.15, -0.1) is 24.0 Å². The van der Waals surface area contributed by atoms with Crippen molar-refractivity contribution in [3.63, 3.8) is 0 Å². The fourth-order valence-corrected chi connectivity index (χ4v) is 3.16. The molecule has 29 heavy (non-hydrogen) atoms. The zero-order valence-electron chi connectivity index (χ0n) is 16.9. The number of rotatable bonds is 7. The Bertz CT molecular complexity index is 816. The summed E-state index contributed by atoms with van der Waals surface area (Å²) in [5.74, 6) is 1.65. The van der Waals surface area contributed by atoms with Crippen LogP contribution in [0.1, 0.15) is 35.3 Å². The molecule has 1 unspecified atom stereocenters. The first-order valence-corrected chi connectivity index (χ1v) is 9.83. The van der Waals surface area contributed by atoms with Gasteiger partial charge in [-0.25, -0.2) is 4.99 Å². The van der Waals surface area contributed by atoms with E-state index in [0.29, 0.717) is 25.2 Å². The quantitative estimate of drug-likeness (QED) is 0.305. The van der Waals surface area contributed by atoms with Gasteiger partial charge in [0.2, 0.25) is 0 Å². The van der Waals surface area contributed by atoms with E-state index in [4.69, 9.17) is 4.74 Å². The average Bonchev–Trinajstić information content (AvgIpc) is 3.13. The highest BCUT2D eigenvalue weighted by atomic mass is 127. The van der Waals surface area contributed by atoms with Gasteiger partial charge in [-0.3, -0.25) is 4.79 Å². The molecule has 0 saturated heterocycles. The maximum Gasteiger partial charge on any atom is 0.251 e. The zero-order valence-corrected chi connectivity index (χ0v) is 19.2. The number of fused-ring (bicyclic) bond motifs is 1. The van der Waals surface area contributed by atoms with Gasteiger partial charge in [0.1, 0.15) is 11.9 Å². The molecule has 0 fully saturated rings. The molecule has 0 radical (unpaired) electrons. The van der Waals surface area contributed by atoms with Crippen LogP contribution < -0.4 is 20.7 Å². The number of carbonyl (C=O) groups is 1. The van der Waals surface area contributed by atoms with Crippen molar-refractivity contribution in [3.05, 3.63) is 65.2 Å². The monoisotopic (exact) mass is 508 g/mol. The van der Waals surface area contributed by atoms with Crippen LogP contribution in [0, 0.1) is 0 Å². The van der Waals surface area contributed by atoms with Gasteiger partial charge in [-0.1, -0.05) is 30.3 Å². The Morgan fingerprint density at radius 2 is 1.86 bits per heavy atom. The number of benzene rings is 2. The molecule has 1 aliphatic rings. The van der Waals surface area contributed by atoms with Crippen molar-refractivity contribution in [3.8, 4) is 5.75 Å². The molecule has 7 heteroatoms. The molecule has 2 aromatic rings. The molecule has 1 amide bonds. The summed E-state index contributed by atoms with van der Waals surface area (Å²) in [4.78, 5) is 16.6. The number of aliphatic imine (C=N–C) groups is 1. The Hall–Kier alpha value is -2.29. The maximum atomic E-state index is 12.0. The lowest BCUT2D eigenvalue weighted by Gasteiger charge is -2.15. The van der Waals surface area contributed by atoms with E-state index in [1.54, 1.807) is 0 Å². The first kappa shape index (κ1) is 23.0.